The highest BCUT2D eigenvalue weighted by Crippen LogP contribution is 2.31. The van der Waals surface area contributed by atoms with Gasteiger partial charge in [-0.1, -0.05) is 30.1 Å². The first-order valence-corrected chi connectivity index (χ1v) is 6.81. The number of halogens is 3. The zero-order valence-electron chi connectivity index (χ0n) is 10.5. The molecule has 0 spiro atoms. The topological polar surface area (TPSA) is 25.2 Å². The molecule has 0 amide bonds. The standard InChI is InChI=1S/C14H14Cl2FNO/c1-2-5-18-8-10-3-4-13(19-10)9-6-11(15)14(17)12(16)7-9/h3-4,6-7,18H,2,5,8H2,1H3. The molecule has 0 fully saturated rings. The van der Waals surface area contributed by atoms with Crippen LogP contribution < -0.4 is 5.32 Å². The van der Waals surface area contributed by atoms with Gasteiger partial charge in [-0.3, -0.25) is 0 Å². The number of rotatable bonds is 5. The summed E-state index contributed by atoms with van der Waals surface area (Å²) in [5.41, 5.74) is 0.665. The van der Waals surface area contributed by atoms with Gasteiger partial charge in [0.2, 0.25) is 0 Å². The summed E-state index contributed by atoms with van der Waals surface area (Å²) in [6, 6.07) is 6.71. The van der Waals surface area contributed by atoms with Gasteiger partial charge in [0.15, 0.2) is 5.82 Å². The summed E-state index contributed by atoms with van der Waals surface area (Å²) in [6.07, 6.45) is 1.07. The molecule has 0 aliphatic rings. The van der Waals surface area contributed by atoms with Crippen LogP contribution in [0.1, 0.15) is 19.1 Å². The Kier molecular flexibility index (Phi) is 4.86. The van der Waals surface area contributed by atoms with Crippen LogP contribution in [-0.4, -0.2) is 6.54 Å². The van der Waals surface area contributed by atoms with Crippen LogP contribution in [0.3, 0.4) is 0 Å². The Morgan fingerprint density at radius 2 is 1.89 bits per heavy atom. The van der Waals surface area contributed by atoms with E-state index < -0.39 is 5.82 Å². The van der Waals surface area contributed by atoms with Crippen LogP contribution in [0.5, 0.6) is 0 Å². The van der Waals surface area contributed by atoms with Crippen molar-refractivity contribution in [2.75, 3.05) is 6.54 Å². The molecule has 0 saturated heterocycles. The minimum Gasteiger partial charge on any atom is -0.460 e. The van der Waals surface area contributed by atoms with Crippen molar-refractivity contribution >= 4 is 23.2 Å². The number of hydrogen-bond acceptors (Lipinski definition) is 2. The second kappa shape index (κ2) is 6.42. The zero-order chi connectivity index (χ0) is 13.8. The maximum atomic E-state index is 13.3. The van der Waals surface area contributed by atoms with Crippen LogP contribution in [0.25, 0.3) is 11.3 Å². The fourth-order valence-electron chi connectivity index (χ4n) is 1.71. The predicted molar refractivity (Wildman–Crippen MR) is 76.1 cm³/mol. The van der Waals surface area contributed by atoms with Crippen molar-refractivity contribution < 1.29 is 8.81 Å². The summed E-state index contributed by atoms with van der Waals surface area (Å²) in [5.74, 6) is 0.834. The van der Waals surface area contributed by atoms with Crippen LogP contribution in [0.2, 0.25) is 10.0 Å². The summed E-state index contributed by atoms with van der Waals surface area (Å²) in [7, 11) is 0. The molecule has 0 unspecified atom stereocenters. The average molecular weight is 302 g/mol. The van der Waals surface area contributed by atoms with Crippen LogP contribution >= 0.6 is 23.2 Å². The molecule has 2 aromatic rings. The van der Waals surface area contributed by atoms with E-state index in [1.807, 2.05) is 12.1 Å². The van der Waals surface area contributed by atoms with Crippen molar-refractivity contribution in [3.8, 4) is 11.3 Å². The Morgan fingerprint density at radius 3 is 2.53 bits per heavy atom. The van der Waals surface area contributed by atoms with Gasteiger partial charge >= 0.3 is 0 Å². The van der Waals surface area contributed by atoms with Crippen LogP contribution in [0.15, 0.2) is 28.7 Å². The summed E-state index contributed by atoms with van der Waals surface area (Å²) >= 11 is 11.5. The van der Waals surface area contributed by atoms with Gasteiger partial charge in [-0.05, 0) is 37.2 Å². The fraction of sp³-hybridized carbons (Fsp3) is 0.286. The lowest BCUT2D eigenvalue weighted by molar-refractivity contribution is 0.493. The highest BCUT2D eigenvalue weighted by molar-refractivity contribution is 6.35. The Balaban J connectivity index is 2.18. The number of nitrogens with one attached hydrogen (secondary N) is 1. The van der Waals surface area contributed by atoms with Crippen LogP contribution in [-0.2, 0) is 6.54 Å². The highest BCUT2D eigenvalue weighted by Gasteiger charge is 2.11. The van der Waals surface area contributed by atoms with E-state index in [9.17, 15) is 4.39 Å². The first-order chi connectivity index (χ1) is 9.11. The van der Waals surface area contributed by atoms with E-state index >= 15 is 0 Å². The molecule has 1 aromatic carbocycles. The van der Waals surface area contributed by atoms with Gasteiger partial charge in [0, 0.05) is 5.56 Å². The van der Waals surface area contributed by atoms with E-state index in [-0.39, 0.29) is 10.0 Å². The molecule has 102 valence electrons. The largest absolute Gasteiger partial charge is 0.460 e. The van der Waals surface area contributed by atoms with Crippen LogP contribution in [0.4, 0.5) is 4.39 Å². The molecular formula is C14H14Cl2FNO. The SMILES string of the molecule is CCCNCc1ccc(-c2cc(Cl)c(F)c(Cl)c2)o1. The smallest absolute Gasteiger partial charge is 0.160 e. The predicted octanol–water partition coefficient (Wildman–Crippen LogP) is 4.89. The van der Waals surface area contributed by atoms with E-state index in [2.05, 4.69) is 12.2 Å². The summed E-state index contributed by atoms with van der Waals surface area (Å²) in [4.78, 5) is 0. The van der Waals surface area contributed by atoms with Gasteiger partial charge in [0.05, 0.1) is 16.6 Å². The maximum Gasteiger partial charge on any atom is 0.160 e. The van der Waals surface area contributed by atoms with Crippen molar-refractivity contribution in [3.05, 3.63) is 45.9 Å². The second-order valence-electron chi connectivity index (χ2n) is 4.20. The van der Waals surface area contributed by atoms with Crippen molar-refractivity contribution in [3.63, 3.8) is 0 Å². The van der Waals surface area contributed by atoms with Crippen molar-refractivity contribution in [2.24, 2.45) is 0 Å². The zero-order valence-corrected chi connectivity index (χ0v) is 12.0. The number of hydrogen-bond donors (Lipinski definition) is 1. The first-order valence-electron chi connectivity index (χ1n) is 6.06. The number of furan rings is 1. The third-order valence-corrected chi connectivity index (χ3v) is 3.21. The van der Waals surface area contributed by atoms with Gasteiger partial charge in [-0.25, -0.2) is 4.39 Å². The summed E-state index contributed by atoms with van der Waals surface area (Å²) < 4.78 is 19.0. The van der Waals surface area contributed by atoms with Gasteiger partial charge in [0.25, 0.3) is 0 Å². The Hall–Kier alpha value is -1.03. The Bertz CT molecular complexity index is 545. The molecule has 0 atom stereocenters. The van der Waals surface area contributed by atoms with Gasteiger partial charge in [-0.2, -0.15) is 0 Å². The highest BCUT2D eigenvalue weighted by atomic mass is 35.5. The fourth-order valence-corrected chi connectivity index (χ4v) is 2.20. The quantitative estimate of drug-likeness (QED) is 0.628. The molecule has 0 bridgehead atoms. The molecule has 19 heavy (non-hydrogen) atoms. The normalized spacial score (nSPS) is 10.9. The van der Waals surface area contributed by atoms with E-state index in [0.717, 1.165) is 18.7 Å². The van der Waals surface area contributed by atoms with E-state index in [1.54, 1.807) is 0 Å². The molecule has 0 aliphatic carbocycles. The molecule has 0 aliphatic heterocycles. The molecule has 1 aromatic heterocycles. The lowest BCUT2D eigenvalue weighted by Gasteiger charge is -2.02. The van der Waals surface area contributed by atoms with Crippen molar-refractivity contribution in [1.29, 1.82) is 0 Å². The second-order valence-corrected chi connectivity index (χ2v) is 5.01. The molecule has 5 heteroatoms. The maximum absolute atomic E-state index is 13.3. The van der Waals surface area contributed by atoms with Gasteiger partial charge in [-0.15, -0.1) is 0 Å². The minimum absolute atomic E-state index is 0.00967. The first kappa shape index (κ1) is 14.4. The number of benzene rings is 1. The minimum atomic E-state index is -0.608. The van der Waals surface area contributed by atoms with E-state index in [4.69, 9.17) is 27.6 Å². The third kappa shape index (κ3) is 3.50. The lowest BCUT2D eigenvalue weighted by atomic mass is 10.2. The van der Waals surface area contributed by atoms with Gasteiger partial charge in [0.1, 0.15) is 11.5 Å². The molecule has 2 nitrogen and oxygen atoms in total. The third-order valence-electron chi connectivity index (χ3n) is 2.66. The average Bonchev–Trinajstić information content (AvgIpc) is 2.84. The van der Waals surface area contributed by atoms with Crippen molar-refractivity contribution in [2.45, 2.75) is 19.9 Å². The molecule has 1 heterocycles. The monoisotopic (exact) mass is 301 g/mol. The lowest BCUT2D eigenvalue weighted by Crippen LogP contribution is -2.12. The van der Waals surface area contributed by atoms with Crippen LogP contribution in [0, 0.1) is 5.82 Å². The summed E-state index contributed by atoms with van der Waals surface area (Å²) in [6.45, 7) is 3.70. The molecular weight excluding hydrogens is 288 g/mol. The Labute approximate surface area is 121 Å². The van der Waals surface area contributed by atoms with Gasteiger partial charge < -0.3 is 9.73 Å². The molecule has 0 saturated carbocycles. The summed E-state index contributed by atoms with van der Waals surface area (Å²) in [5, 5.41) is 3.22. The Morgan fingerprint density at radius 1 is 1.21 bits per heavy atom. The molecule has 0 radical (unpaired) electrons. The van der Waals surface area contributed by atoms with E-state index in [0.29, 0.717) is 17.9 Å². The molecule has 2 rings (SSSR count). The van der Waals surface area contributed by atoms with E-state index in [1.165, 1.54) is 12.1 Å². The van der Waals surface area contributed by atoms with Crippen molar-refractivity contribution in [1.82, 2.24) is 5.32 Å². The molecule has 1 N–H and O–H groups in total.